The summed E-state index contributed by atoms with van der Waals surface area (Å²) in [5.74, 6) is 0. The predicted octanol–water partition coefficient (Wildman–Crippen LogP) is 5.22. The second-order valence-electron chi connectivity index (χ2n) is 6.06. The first kappa shape index (κ1) is 29.5. The zero-order chi connectivity index (χ0) is 23.5. The molecule has 1 aromatic carbocycles. The van der Waals surface area contributed by atoms with Gasteiger partial charge in [-0.1, -0.05) is 24.3 Å². The van der Waals surface area contributed by atoms with E-state index in [9.17, 15) is 13.2 Å². The quantitative estimate of drug-likeness (QED) is 0.195. The van der Waals surface area contributed by atoms with E-state index in [1.54, 1.807) is 12.4 Å². The molecule has 166 valence electrons. The number of nitrogens with zero attached hydrogens (tertiary/aromatic N) is 2. The number of halogens is 3. The number of aromatic nitrogens is 2. The fourth-order valence-electron chi connectivity index (χ4n) is 2.32. The number of fused-ring (bicyclic) bond motifs is 3. The van der Waals surface area contributed by atoms with Crippen molar-refractivity contribution in [2.75, 3.05) is 0 Å². The summed E-state index contributed by atoms with van der Waals surface area (Å²) >= 11 is 0. The van der Waals surface area contributed by atoms with Crippen molar-refractivity contribution in [3.8, 4) is 0 Å². The number of hydrogen-bond acceptors (Lipinski definition) is 4. The largest absolute Gasteiger partial charge is 4.00 e. The first-order valence-corrected chi connectivity index (χ1v) is 10.6. The minimum Gasteiger partial charge on any atom is -0.279 e. The maximum absolute atomic E-state index is 10.7. The summed E-state index contributed by atoms with van der Waals surface area (Å²) < 4.78 is 57.5. The smallest absolute Gasteiger partial charge is 0.279 e. The van der Waals surface area contributed by atoms with E-state index in [-0.39, 0.29) is 21.7 Å². The fourth-order valence-corrected chi connectivity index (χ4v) is 2.32. The molecular weight excluding hydrogens is 489 g/mol. The monoisotopic (exact) mass is 508 g/mol. The molecule has 0 spiro atoms. The second kappa shape index (κ2) is 14.7. The van der Waals surface area contributed by atoms with Crippen LogP contribution in [0.3, 0.4) is 0 Å². The standard InChI is InChI=1S/C12H8N2.2C5H5.CHF3O3S.Ti/c1-3-9-5-6-10-4-2-8-14-12(10)11(9)13-7-1;2*1-2-4-5-3-1;2-1(3,4)8(5,6)7;/h1-8H;2*1-5H;(H,5,6,7);/q;;;;+4. The Labute approximate surface area is 207 Å². The van der Waals surface area contributed by atoms with E-state index in [2.05, 4.69) is 34.2 Å². The van der Waals surface area contributed by atoms with Crippen molar-refractivity contribution >= 4 is 31.9 Å². The van der Waals surface area contributed by atoms with Crippen LogP contribution in [0.5, 0.6) is 0 Å². The van der Waals surface area contributed by atoms with Crippen molar-refractivity contribution in [2.45, 2.75) is 5.51 Å². The summed E-state index contributed by atoms with van der Waals surface area (Å²) in [4.78, 5) is 8.69. The van der Waals surface area contributed by atoms with Gasteiger partial charge >= 0.3 is 37.3 Å². The summed E-state index contributed by atoms with van der Waals surface area (Å²) in [7, 11) is -5.84. The van der Waals surface area contributed by atoms with E-state index in [1.165, 1.54) is 0 Å². The molecule has 5 nitrogen and oxygen atoms in total. The third-order valence-corrected chi connectivity index (χ3v) is 4.33. The number of rotatable bonds is 0. The minimum atomic E-state index is -5.84. The third kappa shape index (κ3) is 10.5. The second-order valence-corrected chi connectivity index (χ2v) is 7.47. The van der Waals surface area contributed by atoms with Gasteiger partial charge in [0.2, 0.25) is 0 Å². The van der Waals surface area contributed by atoms with E-state index in [4.69, 9.17) is 13.0 Å². The SMILES string of the molecule is O=S(=O)(O)C(F)(F)F.[CH]1[CH][CH][CH][CH]1.[CH]1[CH][CH][CH][CH]1.[Ti+4].c1cnc2c(c1)ccc1cccnc12. The van der Waals surface area contributed by atoms with Gasteiger partial charge in [-0.25, -0.2) is 0 Å². The van der Waals surface area contributed by atoms with Crippen molar-refractivity contribution in [3.05, 3.63) is 113 Å². The molecule has 2 aliphatic rings. The van der Waals surface area contributed by atoms with Gasteiger partial charge in [0.1, 0.15) is 0 Å². The molecule has 0 aliphatic heterocycles. The van der Waals surface area contributed by atoms with Gasteiger partial charge in [0, 0.05) is 23.2 Å². The van der Waals surface area contributed by atoms with E-state index in [0.717, 1.165) is 21.8 Å². The van der Waals surface area contributed by atoms with Crippen LogP contribution in [0.2, 0.25) is 0 Å². The molecule has 0 saturated heterocycles. The first-order chi connectivity index (χ1) is 15.2. The Morgan fingerprint density at radius 1 is 0.636 bits per heavy atom. The van der Waals surface area contributed by atoms with E-state index >= 15 is 0 Å². The molecule has 2 aromatic heterocycles. The molecule has 1 N–H and O–H groups in total. The van der Waals surface area contributed by atoms with Crippen LogP contribution >= 0.6 is 0 Å². The Morgan fingerprint density at radius 2 is 0.909 bits per heavy atom. The Balaban J connectivity index is 0.000000244. The summed E-state index contributed by atoms with van der Waals surface area (Å²) in [5.41, 5.74) is -3.58. The molecule has 2 aliphatic carbocycles. The van der Waals surface area contributed by atoms with Crippen molar-refractivity contribution in [1.29, 1.82) is 0 Å². The topological polar surface area (TPSA) is 80.2 Å². The minimum absolute atomic E-state index is 0. The molecule has 10 heteroatoms. The van der Waals surface area contributed by atoms with E-state index in [0.29, 0.717) is 0 Å². The van der Waals surface area contributed by atoms with Crippen LogP contribution in [0, 0.1) is 64.2 Å². The molecular formula is C23H19F3N2O3STi+4. The average Bonchev–Trinajstić information content (AvgIpc) is 3.52. The summed E-state index contributed by atoms with van der Waals surface area (Å²) in [6.45, 7) is 0. The van der Waals surface area contributed by atoms with Crippen molar-refractivity contribution in [1.82, 2.24) is 9.97 Å². The molecule has 10 radical (unpaired) electrons. The normalized spacial score (nSPS) is 15.3. The van der Waals surface area contributed by atoms with Gasteiger partial charge in [-0.15, -0.1) is 0 Å². The van der Waals surface area contributed by atoms with Gasteiger partial charge < -0.3 is 0 Å². The van der Waals surface area contributed by atoms with Crippen molar-refractivity contribution < 1.29 is 47.9 Å². The van der Waals surface area contributed by atoms with Crippen molar-refractivity contribution in [2.24, 2.45) is 0 Å². The van der Waals surface area contributed by atoms with Crippen LogP contribution in [-0.2, 0) is 31.8 Å². The summed E-state index contributed by atoms with van der Waals surface area (Å²) in [5, 5.41) is 2.28. The van der Waals surface area contributed by atoms with Crippen molar-refractivity contribution in [3.63, 3.8) is 0 Å². The molecule has 3 aromatic rings. The summed E-state index contributed by atoms with van der Waals surface area (Å²) in [6, 6.07) is 12.1. The molecule has 2 saturated carbocycles. The average molecular weight is 508 g/mol. The van der Waals surface area contributed by atoms with Crippen LogP contribution in [0.15, 0.2) is 48.8 Å². The van der Waals surface area contributed by atoms with Gasteiger partial charge in [-0.05, 0) is 76.3 Å². The van der Waals surface area contributed by atoms with Gasteiger partial charge in [-0.3, -0.25) is 14.5 Å². The Bertz CT molecular complexity index is 991. The van der Waals surface area contributed by atoms with E-state index in [1.807, 2.05) is 76.3 Å². The van der Waals surface area contributed by atoms with E-state index < -0.39 is 15.6 Å². The predicted molar refractivity (Wildman–Crippen MR) is 118 cm³/mol. The molecule has 2 heterocycles. The van der Waals surface area contributed by atoms with Gasteiger partial charge in [0.15, 0.2) is 0 Å². The van der Waals surface area contributed by atoms with Crippen LogP contribution in [-0.4, -0.2) is 28.4 Å². The molecule has 0 bridgehead atoms. The molecule has 2 fully saturated rings. The summed E-state index contributed by atoms with van der Waals surface area (Å²) in [6.07, 6.45) is 23.6. The zero-order valence-corrected chi connectivity index (χ0v) is 19.5. The molecule has 5 rings (SSSR count). The third-order valence-electron chi connectivity index (χ3n) is 3.75. The maximum atomic E-state index is 10.7. The molecule has 0 amide bonds. The molecule has 33 heavy (non-hydrogen) atoms. The Morgan fingerprint density at radius 3 is 1.15 bits per heavy atom. The van der Waals surface area contributed by atoms with Gasteiger partial charge in [0.25, 0.3) is 0 Å². The van der Waals surface area contributed by atoms with Crippen LogP contribution in [0.1, 0.15) is 0 Å². The Kier molecular flexibility index (Phi) is 13.1. The van der Waals surface area contributed by atoms with Crippen LogP contribution < -0.4 is 0 Å². The van der Waals surface area contributed by atoms with Crippen LogP contribution in [0.25, 0.3) is 21.8 Å². The van der Waals surface area contributed by atoms with Gasteiger partial charge in [-0.2, -0.15) is 21.6 Å². The molecule has 0 atom stereocenters. The molecule has 0 unspecified atom stereocenters. The van der Waals surface area contributed by atoms with Crippen LogP contribution in [0.4, 0.5) is 13.2 Å². The van der Waals surface area contributed by atoms with Gasteiger partial charge in [0.05, 0.1) is 11.0 Å². The zero-order valence-electron chi connectivity index (χ0n) is 17.1. The number of benzene rings is 1. The fraction of sp³-hybridized carbons (Fsp3) is 0.0435. The number of pyridine rings is 2. The number of hydrogen-bond donors (Lipinski definition) is 1. The first-order valence-electron chi connectivity index (χ1n) is 9.16. The maximum Gasteiger partial charge on any atom is 4.00 e. The number of alkyl halides is 3. The Hall–Kier alpha value is -1.55.